The SMILES string of the molecule is CC(C)COc1cccc(C(=O)NCc2cccc(NC(=O)CN(C)C)c2)c1. The number of hydrogen-bond donors (Lipinski definition) is 2. The summed E-state index contributed by atoms with van der Waals surface area (Å²) in [4.78, 5) is 26.1. The highest BCUT2D eigenvalue weighted by atomic mass is 16.5. The molecule has 0 atom stereocenters. The molecule has 6 nitrogen and oxygen atoms in total. The van der Waals surface area contributed by atoms with E-state index < -0.39 is 0 Å². The Balaban J connectivity index is 1.93. The standard InChI is InChI=1S/C22H29N3O3/c1-16(2)15-28-20-10-6-8-18(12-20)22(27)23-13-17-7-5-9-19(11-17)24-21(26)14-25(3)4/h5-12,16H,13-15H2,1-4H3,(H,23,27)(H,24,26). The lowest BCUT2D eigenvalue weighted by Crippen LogP contribution is -2.27. The second-order valence-corrected chi connectivity index (χ2v) is 7.40. The van der Waals surface area contributed by atoms with Crippen LogP contribution in [0.5, 0.6) is 5.75 Å². The minimum Gasteiger partial charge on any atom is -0.493 e. The molecule has 2 aromatic rings. The number of anilines is 1. The summed E-state index contributed by atoms with van der Waals surface area (Å²) in [6.45, 7) is 5.45. The van der Waals surface area contributed by atoms with Crippen molar-refractivity contribution in [2.24, 2.45) is 5.92 Å². The van der Waals surface area contributed by atoms with Crippen LogP contribution in [0.4, 0.5) is 5.69 Å². The highest BCUT2D eigenvalue weighted by Gasteiger charge is 2.08. The van der Waals surface area contributed by atoms with E-state index in [1.54, 1.807) is 17.0 Å². The van der Waals surface area contributed by atoms with E-state index in [-0.39, 0.29) is 11.8 Å². The molecule has 0 bridgehead atoms. The van der Waals surface area contributed by atoms with Crippen LogP contribution in [-0.2, 0) is 11.3 Å². The molecule has 0 spiro atoms. The summed E-state index contributed by atoms with van der Waals surface area (Å²) < 4.78 is 5.68. The van der Waals surface area contributed by atoms with Crippen LogP contribution in [0.1, 0.15) is 29.8 Å². The van der Waals surface area contributed by atoms with E-state index in [0.29, 0.717) is 42.6 Å². The zero-order valence-corrected chi connectivity index (χ0v) is 17.0. The van der Waals surface area contributed by atoms with Gasteiger partial charge in [-0.3, -0.25) is 9.59 Å². The van der Waals surface area contributed by atoms with Gasteiger partial charge in [-0.15, -0.1) is 0 Å². The molecule has 0 radical (unpaired) electrons. The molecule has 150 valence electrons. The summed E-state index contributed by atoms with van der Waals surface area (Å²) >= 11 is 0. The average Bonchev–Trinajstić information content (AvgIpc) is 2.64. The molecule has 0 aliphatic heterocycles. The van der Waals surface area contributed by atoms with Crippen molar-refractivity contribution in [3.05, 3.63) is 59.7 Å². The molecule has 2 amide bonds. The number of ether oxygens (including phenoxy) is 1. The predicted octanol–water partition coefficient (Wildman–Crippen LogP) is 3.15. The third kappa shape index (κ3) is 7.40. The Morgan fingerprint density at radius 2 is 1.82 bits per heavy atom. The van der Waals surface area contributed by atoms with Gasteiger partial charge >= 0.3 is 0 Å². The molecule has 2 aromatic carbocycles. The van der Waals surface area contributed by atoms with E-state index in [9.17, 15) is 9.59 Å². The van der Waals surface area contributed by atoms with Gasteiger partial charge in [0.15, 0.2) is 0 Å². The molecule has 0 unspecified atom stereocenters. The lowest BCUT2D eigenvalue weighted by molar-refractivity contribution is -0.116. The van der Waals surface area contributed by atoms with Crippen LogP contribution in [0.3, 0.4) is 0 Å². The van der Waals surface area contributed by atoms with Crippen molar-refractivity contribution in [3.63, 3.8) is 0 Å². The van der Waals surface area contributed by atoms with Gasteiger partial charge in [0.25, 0.3) is 5.91 Å². The first-order valence-electron chi connectivity index (χ1n) is 9.38. The van der Waals surface area contributed by atoms with Gasteiger partial charge in [0, 0.05) is 17.8 Å². The maximum Gasteiger partial charge on any atom is 0.251 e. The lowest BCUT2D eigenvalue weighted by atomic mass is 10.1. The van der Waals surface area contributed by atoms with Crippen LogP contribution in [-0.4, -0.2) is 44.0 Å². The fourth-order valence-electron chi connectivity index (χ4n) is 2.52. The third-order valence-corrected chi connectivity index (χ3v) is 3.80. The third-order valence-electron chi connectivity index (χ3n) is 3.80. The molecule has 6 heteroatoms. The second-order valence-electron chi connectivity index (χ2n) is 7.40. The maximum absolute atomic E-state index is 12.5. The Hall–Kier alpha value is -2.86. The van der Waals surface area contributed by atoms with E-state index in [1.165, 1.54) is 0 Å². The van der Waals surface area contributed by atoms with Gasteiger partial charge < -0.3 is 20.3 Å². The number of carbonyl (C=O) groups is 2. The topological polar surface area (TPSA) is 70.7 Å². The fraction of sp³-hybridized carbons (Fsp3) is 0.364. The first-order valence-corrected chi connectivity index (χ1v) is 9.38. The van der Waals surface area contributed by atoms with Crippen molar-refractivity contribution in [3.8, 4) is 5.75 Å². The number of amides is 2. The molecule has 0 fully saturated rings. The van der Waals surface area contributed by atoms with E-state index in [4.69, 9.17) is 4.74 Å². The van der Waals surface area contributed by atoms with Crippen LogP contribution in [0.2, 0.25) is 0 Å². The second kappa shape index (κ2) is 10.5. The summed E-state index contributed by atoms with van der Waals surface area (Å²) in [7, 11) is 3.68. The van der Waals surface area contributed by atoms with Crippen LogP contribution < -0.4 is 15.4 Å². The Morgan fingerprint density at radius 3 is 2.54 bits per heavy atom. The Kier molecular flexibility index (Phi) is 8.02. The highest BCUT2D eigenvalue weighted by Crippen LogP contribution is 2.15. The van der Waals surface area contributed by atoms with E-state index >= 15 is 0 Å². The maximum atomic E-state index is 12.5. The molecule has 0 heterocycles. The van der Waals surface area contributed by atoms with Crippen LogP contribution in [0.25, 0.3) is 0 Å². The number of nitrogens with zero attached hydrogens (tertiary/aromatic N) is 1. The van der Waals surface area contributed by atoms with Gasteiger partial charge in [-0.2, -0.15) is 0 Å². The van der Waals surface area contributed by atoms with Crippen LogP contribution >= 0.6 is 0 Å². The molecule has 0 saturated heterocycles. The molecule has 28 heavy (non-hydrogen) atoms. The minimum absolute atomic E-state index is 0.0793. The van der Waals surface area contributed by atoms with Gasteiger partial charge in [-0.05, 0) is 55.9 Å². The summed E-state index contributed by atoms with van der Waals surface area (Å²) in [5.41, 5.74) is 2.17. The first-order chi connectivity index (χ1) is 13.3. The van der Waals surface area contributed by atoms with Gasteiger partial charge in [0.05, 0.1) is 13.2 Å². The number of benzene rings is 2. The zero-order valence-electron chi connectivity index (χ0n) is 17.0. The Labute approximate surface area is 166 Å². The molecule has 0 aromatic heterocycles. The quantitative estimate of drug-likeness (QED) is 0.698. The molecule has 0 aliphatic rings. The van der Waals surface area contributed by atoms with Crippen molar-refractivity contribution < 1.29 is 14.3 Å². The lowest BCUT2D eigenvalue weighted by Gasteiger charge is -2.12. The van der Waals surface area contributed by atoms with Crippen LogP contribution in [0.15, 0.2) is 48.5 Å². The molecule has 0 aliphatic carbocycles. The smallest absolute Gasteiger partial charge is 0.251 e. The Morgan fingerprint density at radius 1 is 1.07 bits per heavy atom. The summed E-state index contributed by atoms with van der Waals surface area (Å²) in [5, 5.41) is 5.76. The summed E-state index contributed by atoms with van der Waals surface area (Å²) in [6, 6.07) is 14.6. The number of hydrogen-bond acceptors (Lipinski definition) is 4. The van der Waals surface area contributed by atoms with Crippen LogP contribution in [0, 0.1) is 5.92 Å². The predicted molar refractivity (Wildman–Crippen MR) is 112 cm³/mol. The van der Waals surface area contributed by atoms with Crippen molar-refractivity contribution in [2.45, 2.75) is 20.4 Å². The molecule has 2 N–H and O–H groups in total. The van der Waals surface area contributed by atoms with Gasteiger partial charge in [0.2, 0.25) is 5.91 Å². The van der Waals surface area contributed by atoms with Crippen molar-refractivity contribution >= 4 is 17.5 Å². The van der Waals surface area contributed by atoms with E-state index in [0.717, 1.165) is 5.56 Å². The summed E-state index contributed by atoms with van der Waals surface area (Å²) in [5.74, 6) is 0.858. The molecular weight excluding hydrogens is 354 g/mol. The van der Waals surface area contributed by atoms with Crippen molar-refractivity contribution in [2.75, 3.05) is 32.6 Å². The first kappa shape index (κ1) is 21.4. The fourth-order valence-corrected chi connectivity index (χ4v) is 2.52. The zero-order chi connectivity index (χ0) is 20.5. The van der Waals surface area contributed by atoms with Gasteiger partial charge in [0.1, 0.15) is 5.75 Å². The largest absolute Gasteiger partial charge is 0.493 e. The van der Waals surface area contributed by atoms with Crippen molar-refractivity contribution in [1.82, 2.24) is 10.2 Å². The minimum atomic E-state index is -0.169. The Bertz CT molecular complexity index is 803. The number of rotatable bonds is 9. The van der Waals surface area contributed by atoms with E-state index in [2.05, 4.69) is 24.5 Å². The monoisotopic (exact) mass is 383 g/mol. The number of likely N-dealkylation sites (N-methyl/N-ethyl adjacent to an activating group) is 1. The number of nitrogens with one attached hydrogen (secondary N) is 2. The molecule has 2 rings (SSSR count). The van der Waals surface area contributed by atoms with E-state index in [1.807, 2.05) is 50.5 Å². The number of carbonyl (C=O) groups excluding carboxylic acids is 2. The molecule has 0 saturated carbocycles. The average molecular weight is 383 g/mol. The molecular formula is C22H29N3O3. The van der Waals surface area contributed by atoms with Crippen molar-refractivity contribution in [1.29, 1.82) is 0 Å². The van der Waals surface area contributed by atoms with Gasteiger partial charge in [-0.25, -0.2) is 0 Å². The normalized spacial score (nSPS) is 10.8. The summed E-state index contributed by atoms with van der Waals surface area (Å²) in [6.07, 6.45) is 0. The highest BCUT2D eigenvalue weighted by molar-refractivity contribution is 5.94. The van der Waals surface area contributed by atoms with Gasteiger partial charge in [-0.1, -0.05) is 32.0 Å².